The van der Waals surface area contributed by atoms with Crippen LogP contribution in [0.15, 0.2) is 89.8 Å². The minimum atomic E-state index is -4.00. The maximum Gasteiger partial charge on any atom is 0.294 e. The molecule has 1 fully saturated rings. The lowest BCUT2D eigenvalue weighted by Gasteiger charge is -2.33. The Hall–Kier alpha value is -2.71. The van der Waals surface area contributed by atoms with Crippen LogP contribution in [0.25, 0.3) is 0 Å². The summed E-state index contributed by atoms with van der Waals surface area (Å²) in [6.07, 6.45) is 0.0908. The van der Waals surface area contributed by atoms with Gasteiger partial charge in [-0.2, -0.15) is 8.42 Å². The Bertz CT molecular complexity index is 1010. The van der Waals surface area contributed by atoms with E-state index in [0.29, 0.717) is 5.75 Å². The van der Waals surface area contributed by atoms with Crippen molar-refractivity contribution in [2.45, 2.75) is 17.5 Å². The summed E-state index contributed by atoms with van der Waals surface area (Å²) in [6, 6.07) is 25.2. The Kier molecular flexibility index (Phi) is 7.59. The van der Waals surface area contributed by atoms with Gasteiger partial charge in [0.15, 0.2) is 0 Å². The van der Waals surface area contributed by atoms with Gasteiger partial charge in [-0.3, -0.25) is 9.45 Å². The van der Waals surface area contributed by atoms with Crippen LogP contribution in [0.5, 0.6) is 5.75 Å². The molecule has 158 valence electrons. The van der Waals surface area contributed by atoms with Crippen LogP contribution in [0, 0.1) is 0 Å². The fraction of sp³-hybridized carbons (Fsp3) is 0.217. The van der Waals surface area contributed by atoms with E-state index in [0.717, 1.165) is 31.8 Å². The molecule has 2 N–H and O–H groups in total. The first-order valence-electron chi connectivity index (χ1n) is 9.61. The Balaban J connectivity index is 0.000000216. The first-order valence-corrected chi connectivity index (χ1v) is 11.0. The molecular weight excluding hydrogens is 402 g/mol. The first-order chi connectivity index (χ1) is 14.4. The minimum Gasteiger partial charge on any atom is -0.508 e. The van der Waals surface area contributed by atoms with Crippen molar-refractivity contribution < 1.29 is 22.8 Å². The van der Waals surface area contributed by atoms with E-state index in [2.05, 4.69) is 29.2 Å². The predicted molar refractivity (Wildman–Crippen MR) is 115 cm³/mol. The number of aromatic hydroxyl groups is 1. The molecule has 1 atom stereocenters. The van der Waals surface area contributed by atoms with Gasteiger partial charge in [0.05, 0.1) is 17.6 Å². The van der Waals surface area contributed by atoms with Gasteiger partial charge in [-0.1, -0.05) is 60.7 Å². The SMILES string of the molecule is O=S(=O)(O)c1ccccc1.Oc1ccc([C@@H]2CN(Cc3ccccc3)CCO2)cc1. The largest absolute Gasteiger partial charge is 0.508 e. The third-order valence-electron chi connectivity index (χ3n) is 4.71. The molecule has 0 saturated carbocycles. The second-order valence-electron chi connectivity index (χ2n) is 6.96. The third-order valence-corrected chi connectivity index (χ3v) is 5.57. The Labute approximate surface area is 177 Å². The van der Waals surface area contributed by atoms with Crippen molar-refractivity contribution in [2.24, 2.45) is 0 Å². The monoisotopic (exact) mass is 427 g/mol. The Morgan fingerprint density at radius 1 is 0.900 bits per heavy atom. The fourth-order valence-corrected chi connectivity index (χ4v) is 3.67. The smallest absolute Gasteiger partial charge is 0.294 e. The molecule has 4 rings (SSSR count). The highest BCUT2D eigenvalue weighted by atomic mass is 32.2. The minimum absolute atomic E-state index is 0.0741. The summed E-state index contributed by atoms with van der Waals surface area (Å²) < 4.78 is 35.1. The molecule has 0 amide bonds. The molecule has 1 aliphatic rings. The van der Waals surface area contributed by atoms with Crippen molar-refractivity contribution in [3.05, 3.63) is 96.1 Å². The van der Waals surface area contributed by atoms with Crippen LogP contribution in [0.2, 0.25) is 0 Å². The van der Waals surface area contributed by atoms with E-state index >= 15 is 0 Å². The molecular formula is C23H25NO5S. The maximum absolute atomic E-state index is 10.4. The average Bonchev–Trinajstić information content (AvgIpc) is 2.76. The summed E-state index contributed by atoms with van der Waals surface area (Å²) in [4.78, 5) is 2.34. The van der Waals surface area contributed by atoms with Gasteiger partial charge in [-0.25, -0.2) is 0 Å². The molecule has 0 aromatic heterocycles. The zero-order valence-electron chi connectivity index (χ0n) is 16.5. The van der Waals surface area contributed by atoms with Crippen LogP contribution in [0.1, 0.15) is 17.2 Å². The van der Waals surface area contributed by atoms with E-state index in [1.165, 1.54) is 17.7 Å². The van der Waals surface area contributed by atoms with Gasteiger partial charge in [0.2, 0.25) is 0 Å². The molecule has 1 heterocycles. The number of phenols is 1. The lowest BCUT2D eigenvalue weighted by Crippen LogP contribution is -2.37. The molecule has 0 radical (unpaired) electrons. The van der Waals surface area contributed by atoms with Crippen LogP contribution in [0.4, 0.5) is 0 Å². The highest BCUT2D eigenvalue weighted by Crippen LogP contribution is 2.24. The number of rotatable bonds is 4. The summed E-state index contributed by atoms with van der Waals surface area (Å²) in [7, 11) is -4.00. The van der Waals surface area contributed by atoms with Gasteiger partial charge >= 0.3 is 0 Å². The molecule has 3 aromatic carbocycles. The number of benzene rings is 3. The molecule has 1 saturated heterocycles. The molecule has 1 aliphatic heterocycles. The second-order valence-corrected chi connectivity index (χ2v) is 8.38. The van der Waals surface area contributed by atoms with E-state index in [1.807, 2.05) is 18.2 Å². The molecule has 3 aromatic rings. The van der Waals surface area contributed by atoms with Gasteiger partial charge in [-0.05, 0) is 35.4 Å². The van der Waals surface area contributed by atoms with Crippen molar-refractivity contribution in [1.29, 1.82) is 0 Å². The van der Waals surface area contributed by atoms with Gasteiger partial charge in [-0.15, -0.1) is 0 Å². The quantitative estimate of drug-likeness (QED) is 0.614. The van der Waals surface area contributed by atoms with E-state index in [1.54, 1.807) is 30.3 Å². The van der Waals surface area contributed by atoms with Gasteiger partial charge < -0.3 is 9.84 Å². The fourth-order valence-electron chi connectivity index (χ4n) is 3.17. The van der Waals surface area contributed by atoms with Crippen LogP contribution in [-0.2, 0) is 21.4 Å². The number of phenolic OH excluding ortho intramolecular Hbond substituents is 1. The third kappa shape index (κ3) is 6.67. The summed E-state index contributed by atoms with van der Waals surface area (Å²) in [5.41, 5.74) is 2.46. The van der Waals surface area contributed by atoms with Gasteiger partial charge in [0.25, 0.3) is 10.1 Å². The van der Waals surface area contributed by atoms with E-state index in [-0.39, 0.29) is 11.0 Å². The summed E-state index contributed by atoms with van der Waals surface area (Å²) in [5.74, 6) is 0.297. The maximum atomic E-state index is 10.4. The predicted octanol–water partition coefficient (Wildman–Crippen LogP) is 3.90. The number of hydrogen-bond donors (Lipinski definition) is 2. The summed E-state index contributed by atoms with van der Waals surface area (Å²) in [5, 5.41) is 9.35. The highest BCUT2D eigenvalue weighted by Gasteiger charge is 2.21. The van der Waals surface area contributed by atoms with Crippen molar-refractivity contribution in [3.8, 4) is 5.75 Å². The topological polar surface area (TPSA) is 87.1 Å². The molecule has 0 unspecified atom stereocenters. The molecule has 0 aliphatic carbocycles. The highest BCUT2D eigenvalue weighted by molar-refractivity contribution is 7.85. The van der Waals surface area contributed by atoms with Crippen molar-refractivity contribution >= 4 is 10.1 Å². The van der Waals surface area contributed by atoms with Crippen LogP contribution < -0.4 is 0 Å². The normalized spacial score (nSPS) is 17.0. The van der Waals surface area contributed by atoms with Crippen molar-refractivity contribution in [1.82, 2.24) is 4.90 Å². The zero-order valence-corrected chi connectivity index (χ0v) is 17.3. The second kappa shape index (κ2) is 10.4. The van der Waals surface area contributed by atoms with Crippen LogP contribution >= 0.6 is 0 Å². The number of morpholine rings is 1. The number of ether oxygens (including phenoxy) is 1. The Morgan fingerprint density at radius 3 is 2.07 bits per heavy atom. The standard InChI is InChI=1S/C17H19NO2.C6H6O3S/c19-16-8-6-15(7-9-16)17-13-18(10-11-20-17)12-14-4-2-1-3-5-14;7-10(8,9)6-4-2-1-3-5-6/h1-9,17,19H,10-13H2;1-5H,(H,7,8,9)/t17-;/m0./s1. The molecule has 7 heteroatoms. The average molecular weight is 428 g/mol. The summed E-state index contributed by atoms with van der Waals surface area (Å²) in [6.45, 7) is 3.56. The van der Waals surface area contributed by atoms with Gasteiger partial charge in [0.1, 0.15) is 5.75 Å². The van der Waals surface area contributed by atoms with E-state index < -0.39 is 10.1 Å². The van der Waals surface area contributed by atoms with E-state index in [4.69, 9.17) is 9.29 Å². The number of hydrogen-bond acceptors (Lipinski definition) is 5. The lowest BCUT2D eigenvalue weighted by atomic mass is 10.1. The molecule has 0 spiro atoms. The van der Waals surface area contributed by atoms with E-state index in [9.17, 15) is 13.5 Å². The van der Waals surface area contributed by atoms with Crippen molar-refractivity contribution in [3.63, 3.8) is 0 Å². The van der Waals surface area contributed by atoms with Crippen molar-refractivity contribution in [2.75, 3.05) is 19.7 Å². The van der Waals surface area contributed by atoms with Gasteiger partial charge in [0, 0.05) is 19.6 Å². The number of nitrogens with zero attached hydrogens (tertiary/aromatic N) is 1. The van der Waals surface area contributed by atoms with Crippen LogP contribution in [-0.4, -0.2) is 42.7 Å². The molecule has 30 heavy (non-hydrogen) atoms. The molecule has 6 nitrogen and oxygen atoms in total. The lowest BCUT2D eigenvalue weighted by molar-refractivity contribution is -0.0329. The Morgan fingerprint density at radius 2 is 1.50 bits per heavy atom. The van der Waals surface area contributed by atoms with Crippen LogP contribution in [0.3, 0.4) is 0 Å². The summed E-state index contributed by atoms with van der Waals surface area (Å²) >= 11 is 0. The molecule has 0 bridgehead atoms. The zero-order chi connectivity index (χ0) is 21.4. The first kappa shape index (κ1) is 22.0.